The van der Waals surface area contributed by atoms with Crippen LogP contribution in [0.25, 0.3) is 0 Å². The Morgan fingerprint density at radius 3 is 2.43 bits per heavy atom. The normalized spacial score (nSPS) is 13.8. The van der Waals surface area contributed by atoms with Crippen LogP contribution in [0.15, 0.2) is 12.7 Å². The van der Waals surface area contributed by atoms with Crippen molar-refractivity contribution in [3.8, 4) is 0 Å². The van der Waals surface area contributed by atoms with Crippen molar-refractivity contribution in [1.29, 1.82) is 0 Å². The third-order valence-corrected chi connectivity index (χ3v) is 1.67. The quantitative estimate of drug-likeness (QED) is 0.409. The number of carbonyl (C=O) groups excluding carboxylic acids is 2. The number of urea groups is 1. The molecule has 0 aromatic carbocycles. The second kappa shape index (κ2) is 8.29. The summed E-state index contributed by atoms with van der Waals surface area (Å²) in [7, 11) is 0. The van der Waals surface area contributed by atoms with Crippen molar-refractivity contribution in [2.45, 2.75) is 32.6 Å². The summed E-state index contributed by atoms with van der Waals surface area (Å²) in [5, 5.41) is 4.30. The second-order valence-corrected chi connectivity index (χ2v) is 3.02. The molecule has 1 heterocycles. The molecule has 80 valence electrons. The van der Waals surface area contributed by atoms with E-state index in [0.29, 0.717) is 0 Å². The average molecular weight is 198 g/mol. The SMILES string of the molecule is C=CCCCCC.O=C1CNC(=O)N1. The van der Waals surface area contributed by atoms with Gasteiger partial charge in [-0.15, -0.1) is 6.58 Å². The number of amides is 3. The van der Waals surface area contributed by atoms with Gasteiger partial charge in [-0.1, -0.05) is 25.8 Å². The van der Waals surface area contributed by atoms with Gasteiger partial charge in [0.15, 0.2) is 0 Å². The van der Waals surface area contributed by atoms with E-state index in [0.717, 1.165) is 0 Å². The highest BCUT2D eigenvalue weighted by Gasteiger charge is 2.14. The van der Waals surface area contributed by atoms with Crippen molar-refractivity contribution in [3.63, 3.8) is 0 Å². The number of nitrogens with one attached hydrogen (secondary N) is 2. The Morgan fingerprint density at radius 1 is 1.43 bits per heavy atom. The van der Waals surface area contributed by atoms with Gasteiger partial charge < -0.3 is 5.32 Å². The van der Waals surface area contributed by atoms with E-state index in [1.54, 1.807) is 0 Å². The lowest BCUT2D eigenvalue weighted by atomic mass is 10.2. The third kappa shape index (κ3) is 7.34. The molecule has 0 aromatic rings. The lowest BCUT2D eigenvalue weighted by Gasteiger charge is -1.87. The number of allylic oxidation sites excluding steroid dienone is 1. The first-order valence-corrected chi connectivity index (χ1v) is 4.89. The van der Waals surface area contributed by atoms with Crippen LogP contribution in [0.3, 0.4) is 0 Å². The highest BCUT2D eigenvalue weighted by atomic mass is 16.2. The van der Waals surface area contributed by atoms with Crippen molar-refractivity contribution in [2.24, 2.45) is 0 Å². The van der Waals surface area contributed by atoms with E-state index in [9.17, 15) is 9.59 Å². The van der Waals surface area contributed by atoms with Crippen LogP contribution >= 0.6 is 0 Å². The fourth-order valence-electron chi connectivity index (χ4n) is 0.914. The maximum absolute atomic E-state index is 10.1. The molecule has 1 aliphatic rings. The van der Waals surface area contributed by atoms with E-state index in [1.165, 1.54) is 25.7 Å². The van der Waals surface area contributed by atoms with Crippen LogP contribution in [0.4, 0.5) is 4.79 Å². The lowest BCUT2D eigenvalue weighted by Crippen LogP contribution is -2.22. The summed E-state index contributed by atoms with van der Waals surface area (Å²) in [6, 6.07) is -0.398. The minimum absolute atomic E-state index is 0.124. The summed E-state index contributed by atoms with van der Waals surface area (Å²) >= 11 is 0. The van der Waals surface area contributed by atoms with Gasteiger partial charge in [-0.25, -0.2) is 4.79 Å². The molecule has 0 unspecified atom stereocenters. The molecule has 1 saturated heterocycles. The number of hydrogen-bond acceptors (Lipinski definition) is 2. The fourth-order valence-corrected chi connectivity index (χ4v) is 0.914. The summed E-state index contributed by atoms with van der Waals surface area (Å²) in [5.74, 6) is -0.259. The van der Waals surface area contributed by atoms with Crippen LogP contribution in [-0.2, 0) is 4.79 Å². The van der Waals surface area contributed by atoms with Crippen LogP contribution in [0.5, 0.6) is 0 Å². The number of imide groups is 1. The van der Waals surface area contributed by atoms with E-state index in [2.05, 4.69) is 18.8 Å². The van der Waals surface area contributed by atoms with Gasteiger partial charge in [0.05, 0.1) is 6.54 Å². The topological polar surface area (TPSA) is 58.2 Å². The first-order valence-electron chi connectivity index (χ1n) is 4.89. The Bertz CT molecular complexity index is 188. The highest BCUT2D eigenvalue weighted by molar-refractivity contribution is 6.01. The van der Waals surface area contributed by atoms with E-state index < -0.39 is 6.03 Å². The van der Waals surface area contributed by atoms with Gasteiger partial charge in [0.2, 0.25) is 5.91 Å². The number of rotatable bonds is 4. The molecule has 0 radical (unpaired) electrons. The van der Waals surface area contributed by atoms with Crippen molar-refractivity contribution >= 4 is 11.9 Å². The molecular formula is C10H18N2O2. The fraction of sp³-hybridized carbons (Fsp3) is 0.600. The zero-order valence-electron chi connectivity index (χ0n) is 8.64. The van der Waals surface area contributed by atoms with Crippen LogP contribution in [0, 0.1) is 0 Å². The largest absolute Gasteiger partial charge is 0.329 e. The van der Waals surface area contributed by atoms with Crippen LogP contribution in [0.2, 0.25) is 0 Å². The lowest BCUT2D eigenvalue weighted by molar-refractivity contribution is -0.117. The Morgan fingerprint density at radius 2 is 2.14 bits per heavy atom. The van der Waals surface area contributed by atoms with Gasteiger partial charge in [0.1, 0.15) is 0 Å². The van der Waals surface area contributed by atoms with Gasteiger partial charge in [-0.3, -0.25) is 10.1 Å². The Hall–Kier alpha value is -1.32. The summed E-state index contributed by atoms with van der Waals surface area (Å²) < 4.78 is 0. The van der Waals surface area contributed by atoms with Crippen LogP contribution < -0.4 is 10.6 Å². The third-order valence-electron chi connectivity index (χ3n) is 1.67. The second-order valence-electron chi connectivity index (χ2n) is 3.02. The molecule has 1 rings (SSSR count). The summed E-state index contributed by atoms with van der Waals surface area (Å²) in [6.07, 6.45) is 7.16. The molecule has 3 amide bonds. The molecule has 0 saturated carbocycles. The number of carbonyl (C=O) groups is 2. The molecule has 1 fully saturated rings. The number of unbranched alkanes of at least 4 members (excludes halogenated alkanes) is 3. The van der Waals surface area contributed by atoms with Crippen molar-refractivity contribution in [2.75, 3.05) is 6.54 Å². The van der Waals surface area contributed by atoms with Gasteiger partial charge in [0, 0.05) is 0 Å². The van der Waals surface area contributed by atoms with Crippen molar-refractivity contribution in [1.82, 2.24) is 10.6 Å². The molecule has 0 aliphatic carbocycles. The Labute approximate surface area is 84.8 Å². The highest BCUT2D eigenvalue weighted by Crippen LogP contribution is 1.97. The molecule has 0 bridgehead atoms. The van der Waals surface area contributed by atoms with Crippen LogP contribution in [-0.4, -0.2) is 18.5 Å². The first-order chi connectivity index (χ1) is 6.70. The van der Waals surface area contributed by atoms with Gasteiger partial charge in [0.25, 0.3) is 0 Å². The number of hydrogen-bond donors (Lipinski definition) is 2. The summed E-state index contributed by atoms with van der Waals surface area (Å²) in [5.41, 5.74) is 0. The Kier molecular flexibility index (Phi) is 7.50. The van der Waals surface area contributed by atoms with Crippen molar-refractivity contribution < 1.29 is 9.59 Å². The summed E-state index contributed by atoms with van der Waals surface area (Å²) in [4.78, 5) is 20.1. The van der Waals surface area contributed by atoms with E-state index in [4.69, 9.17) is 0 Å². The summed E-state index contributed by atoms with van der Waals surface area (Å²) in [6.45, 7) is 5.97. The molecule has 1 aliphatic heterocycles. The zero-order valence-corrected chi connectivity index (χ0v) is 8.64. The van der Waals surface area contributed by atoms with Gasteiger partial charge >= 0.3 is 6.03 Å². The molecule has 14 heavy (non-hydrogen) atoms. The van der Waals surface area contributed by atoms with Gasteiger partial charge in [-0.05, 0) is 12.8 Å². The predicted octanol–water partition coefficient (Wildman–Crippen LogP) is 1.58. The molecule has 2 N–H and O–H groups in total. The zero-order chi connectivity index (χ0) is 10.8. The van der Waals surface area contributed by atoms with E-state index in [-0.39, 0.29) is 12.5 Å². The Balaban J connectivity index is 0.000000241. The minimum atomic E-state index is -0.398. The van der Waals surface area contributed by atoms with Crippen molar-refractivity contribution in [3.05, 3.63) is 12.7 Å². The first kappa shape index (κ1) is 12.7. The van der Waals surface area contributed by atoms with Crippen LogP contribution in [0.1, 0.15) is 32.6 Å². The molecule has 4 nitrogen and oxygen atoms in total. The molecule has 4 heteroatoms. The maximum Gasteiger partial charge on any atom is 0.321 e. The van der Waals surface area contributed by atoms with Gasteiger partial charge in [-0.2, -0.15) is 0 Å². The average Bonchev–Trinajstić information content (AvgIpc) is 2.52. The molecule has 0 atom stereocenters. The maximum atomic E-state index is 10.1. The van der Waals surface area contributed by atoms with E-state index >= 15 is 0 Å². The smallest absolute Gasteiger partial charge is 0.321 e. The minimum Gasteiger partial charge on any atom is -0.329 e. The molecule has 0 spiro atoms. The standard InChI is InChI=1S/C7H14.C3H4N2O2/c1-3-5-7-6-4-2;6-2-1-4-3(7)5-2/h3H,1,4-7H2,2H3;1H2,(H2,4,5,6,7). The monoisotopic (exact) mass is 198 g/mol. The van der Waals surface area contributed by atoms with E-state index in [1.807, 2.05) is 11.4 Å². The predicted molar refractivity (Wildman–Crippen MR) is 55.9 cm³/mol. The molecular weight excluding hydrogens is 180 g/mol. The molecule has 0 aromatic heterocycles.